The van der Waals surface area contributed by atoms with Crippen molar-refractivity contribution in [2.45, 2.75) is 26.8 Å². The van der Waals surface area contributed by atoms with Crippen LogP contribution >= 0.6 is 0 Å². The summed E-state index contributed by atoms with van der Waals surface area (Å²) in [6, 6.07) is 1.48. The Bertz CT molecular complexity index is 420. The first-order valence-electron chi connectivity index (χ1n) is 5.78. The molecule has 18 heavy (non-hydrogen) atoms. The van der Waals surface area contributed by atoms with E-state index in [0.29, 0.717) is 6.54 Å². The Morgan fingerprint density at radius 2 is 2.11 bits per heavy atom. The molecule has 0 aromatic heterocycles. The van der Waals surface area contributed by atoms with Crippen molar-refractivity contribution in [2.75, 3.05) is 13.7 Å². The second-order valence-corrected chi connectivity index (χ2v) is 4.91. The van der Waals surface area contributed by atoms with Gasteiger partial charge in [-0.25, -0.2) is 0 Å². The monoisotopic (exact) mass is 250 g/mol. The Morgan fingerprint density at radius 1 is 1.50 bits per heavy atom. The lowest BCUT2D eigenvalue weighted by Gasteiger charge is -2.40. The summed E-state index contributed by atoms with van der Waals surface area (Å²) in [5, 5.41) is 9.27. The number of rotatable bonds is 2. The third-order valence-corrected chi connectivity index (χ3v) is 3.40. The van der Waals surface area contributed by atoms with Gasteiger partial charge in [0.05, 0.1) is 18.6 Å². The summed E-state index contributed by atoms with van der Waals surface area (Å²) in [7, 11) is 1.32. The molecule has 1 rings (SSSR count). The highest BCUT2D eigenvalue weighted by Crippen LogP contribution is 2.36. The molecule has 0 fully saturated rings. The quantitative estimate of drug-likeness (QED) is 0.544. The van der Waals surface area contributed by atoms with Crippen molar-refractivity contribution in [3.05, 3.63) is 12.2 Å². The number of methoxy groups -OCH3 is 1. The van der Waals surface area contributed by atoms with Crippen LogP contribution in [-0.2, 0) is 14.3 Å². The van der Waals surface area contributed by atoms with Gasteiger partial charge in [-0.15, -0.1) is 0 Å². The van der Waals surface area contributed by atoms with Crippen LogP contribution in [0.1, 0.15) is 20.8 Å². The second kappa shape index (κ2) is 5.21. The van der Waals surface area contributed by atoms with Gasteiger partial charge in [-0.1, -0.05) is 12.2 Å². The summed E-state index contributed by atoms with van der Waals surface area (Å²) in [6.07, 6.45) is 3.63. The van der Waals surface area contributed by atoms with Crippen LogP contribution < -0.4 is 0 Å². The molecule has 1 heterocycles. The van der Waals surface area contributed by atoms with Crippen molar-refractivity contribution < 1.29 is 14.3 Å². The Labute approximate surface area is 107 Å². The van der Waals surface area contributed by atoms with E-state index in [1.54, 1.807) is 13.8 Å². The number of amides is 1. The smallest absolute Gasteiger partial charge is 0.311 e. The molecular formula is C13H18N2O3. The molecule has 0 unspecified atom stereocenters. The molecule has 2 atom stereocenters. The molecule has 0 radical (unpaired) electrons. The molecule has 98 valence electrons. The fourth-order valence-electron chi connectivity index (χ4n) is 2.24. The summed E-state index contributed by atoms with van der Waals surface area (Å²) < 4.78 is 4.77. The van der Waals surface area contributed by atoms with Gasteiger partial charge in [0.1, 0.15) is 6.04 Å². The zero-order valence-electron chi connectivity index (χ0n) is 11.1. The first kappa shape index (κ1) is 14.2. The van der Waals surface area contributed by atoms with Gasteiger partial charge in [0.15, 0.2) is 0 Å². The maximum Gasteiger partial charge on any atom is 0.311 e. The maximum absolute atomic E-state index is 11.8. The zero-order valence-corrected chi connectivity index (χ0v) is 11.1. The van der Waals surface area contributed by atoms with Gasteiger partial charge in [0.2, 0.25) is 5.91 Å². The molecule has 1 aliphatic heterocycles. The fourth-order valence-corrected chi connectivity index (χ4v) is 2.24. The van der Waals surface area contributed by atoms with Crippen molar-refractivity contribution in [2.24, 2.45) is 11.3 Å². The van der Waals surface area contributed by atoms with Crippen molar-refractivity contribution >= 4 is 11.9 Å². The molecule has 0 aromatic rings. The molecular weight excluding hydrogens is 232 g/mol. The average molecular weight is 250 g/mol. The van der Waals surface area contributed by atoms with Gasteiger partial charge < -0.3 is 9.64 Å². The lowest BCUT2D eigenvalue weighted by molar-refractivity contribution is -0.155. The zero-order chi connectivity index (χ0) is 13.9. The number of nitrogens with zero attached hydrogens (tertiary/aromatic N) is 2. The molecule has 0 bridgehead atoms. The predicted molar refractivity (Wildman–Crippen MR) is 65.2 cm³/mol. The van der Waals surface area contributed by atoms with Crippen LogP contribution in [0.4, 0.5) is 0 Å². The van der Waals surface area contributed by atoms with E-state index in [1.807, 2.05) is 12.2 Å². The predicted octanol–water partition coefficient (Wildman–Crippen LogP) is 1.11. The lowest BCUT2D eigenvalue weighted by atomic mass is 9.73. The molecule has 0 saturated heterocycles. The lowest BCUT2D eigenvalue weighted by Crippen LogP contribution is -2.51. The van der Waals surface area contributed by atoms with Crippen LogP contribution in [0.5, 0.6) is 0 Å². The summed E-state index contributed by atoms with van der Waals surface area (Å²) in [6.45, 7) is 5.27. The molecule has 0 aromatic carbocycles. The van der Waals surface area contributed by atoms with E-state index in [4.69, 9.17) is 4.74 Å². The molecule has 1 aliphatic rings. The third kappa shape index (κ3) is 2.37. The molecule has 0 N–H and O–H groups in total. The Balaban J connectivity index is 3.12. The first-order valence-corrected chi connectivity index (χ1v) is 5.78. The van der Waals surface area contributed by atoms with E-state index in [0.717, 1.165) is 0 Å². The van der Waals surface area contributed by atoms with Gasteiger partial charge in [-0.05, 0) is 13.8 Å². The number of nitriles is 1. The number of esters is 1. The molecule has 0 aliphatic carbocycles. The minimum atomic E-state index is -0.847. The first-order chi connectivity index (χ1) is 8.36. The van der Waals surface area contributed by atoms with E-state index < -0.39 is 11.5 Å². The minimum absolute atomic E-state index is 0.170. The number of carbonyl (C=O) groups is 2. The second-order valence-electron chi connectivity index (χ2n) is 4.91. The van der Waals surface area contributed by atoms with Crippen molar-refractivity contribution in [3.63, 3.8) is 0 Å². The minimum Gasteiger partial charge on any atom is -0.469 e. The van der Waals surface area contributed by atoms with Crippen LogP contribution in [0, 0.1) is 22.7 Å². The van der Waals surface area contributed by atoms with Crippen LogP contribution in [0.3, 0.4) is 0 Å². The van der Waals surface area contributed by atoms with E-state index in [2.05, 4.69) is 6.07 Å². The number of ether oxygens (including phenoxy) is 1. The Morgan fingerprint density at radius 3 is 2.56 bits per heavy atom. The molecule has 0 spiro atoms. The van der Waals surface area contributed by atoms with Gasteiger partial charge >= 0.3 is 5.97 Å². The number of hydrogen-bond acceptors (Lipinski definition) is 4. The van der Waals surface area contributed by atoms with Gasteiger partial charge in [0, 0.05) is 19.4 Å². The molecule has 5 heteroatoms. The maximum atomic E-state index is 11.8. The van der Waals surface area contributed by atoms with Crippen LogP contribution in [-0.4, -0.2) is 36.5 Å². The average Bonchev–Trinajstić information content (AvgIpc) is 2.36. The fraction of sp³-hybridized carbons (Fsp3) is 0.615. The van der Waals surface area contributed by atoms with E-state index in [-0.39, 0.29) is 17.8 Å². The standard InChI is InChI=1S/C13H18N2O3/c1-9(16)15-7-5-6-10(11(15)8-14)13(2,3)12(17)18-4/h5-6,10-11H,7H2,1-4H3/t10-,11+/m0/s1. The highest BCUT2D eigenvalue weighted by Gasteiger charge is 2.44. The summed E-state index contributed by atoms with van der Waals surface area (Å²) in [5.41, 5.74) is -0.847. The summed E-state index contributed by atoms with van der Waals surface area (Å²) >= 11 is 0. The number of carbonyl (C=O) groups excluding carboxylic acids is 2. The Kier molecular flexibility index (Phi) is 4.12. The third-order valence-electron chi connectivity index (χ3n) is 3.40. The van der Waals surface area contributed by atoms with Crippen molar-refractivity contribution in [3.8, 4) is 6.07 Å². The van der Waals surface area contributed by atoms with Crippen LogP contribution in [0.2, 0.25) is 0 Å². The molecule has 1 amide bonds. The van der Waals surface area contributed by atoms with E-state index in [1.165, 1.54) is 18.9 Å². The van der Waals surface area contributed by atoms with E-state index in [9.17, 15) is 14.9 Å². The van der Waals surface area contributed by atoms with Crippen molar-refractivity contribution in [1.82, 2.24) is 4.90 Å². The molecule has 0 saturated carbocycles. The largest absolute Gasteiger partial charge is 0.469 e. The summed E-state index contributed by atoms with van der Waals surface area (Å²) in [4.78, 5) is 24.8. The van der Waals surface area contributed by atoms with Gasteiger partial charge in [-0.2, -0.15) is 5.26 Å². The van der Waals surface area contributed by atoms with Crippen LogP contribution in [0.25, 0.3) is 0 Å². The topological polar surface area (TPSA) is 70.4 Å². The van der Waals surface area contributed by atoms with Gasteiger partial charge in [0.25, 0.3) is 0 Å². The Hall–Kier alpha value is -1.83. The normalized spacial score (nSPS) is 23.4. The van der Waals surface area contributed by atoms with E-state index >= 15 is 0 Å². The number of hydrogen-bond donors (Lipinski definition) is 0. The summed E-state index contributed by atoms with van der Waals surface area (Å²) in [5.74, 6) is -0.924. The highest BCUT2D eigenvalue weighted by atomic mass is 16.5. The van der Waals surface area contributed by atoms with Gasteiger partial charge in [-0.3, -0.25) is 9.59 Å². The highest BCUT2D eigenvalue weighted by molar-refractivity contribution is 5.78. The SMILES string of the molecule is COC(=O)C(C)(C)[C@H]1C=CCN(C(C)=O)[C@@H]1C#N. The molecule has 5 nitrogen and oxygen atoms in total. The van der Waals surface area contributed by atoms with Crippen LogP contribution in [0.15, 0.2) is 12.2 Å². The van der Waals surface area contributed by atoms with Crippen molar-refractivity contribution in [1.29, 1.82) is 5.26 Å².